The van der Waals surface area contributed by atoms with E-state index in [0.29, 0.717) is 34.3 Å². The lowest BCUT2D eigenvalue weighted by Gasteiger charge is -2.15. The number of amides is 1. The Morgan fingerprint density at radius 3 is 2.48 bits per heavy atom. The molecule has 1 aromatic heterocycles. The van der Waals surface area contributed by atoms with E-state index in [1.165, 1.54) is 17.3 Å². The first-order chi connectivity index (χ1) is 14.0. The second kappa shape index (κ2) is 7.85. The number of anilines is 1. The molecule has 2 aromatic carbocycles. The highest BCUT2D eigenvalue weighted by Gasteiger charge is 2.52. The van der Waals surface area contributed by atoms with Gasteiger partial charge in [0.25, 0.3) is 5.91 Å². The van der Waals surface area contributed by atoms with Crippen molar-refractivity contribution in [2.75, 3.05) is 11.9 Å². The van der Waals surface area contributed by atoms with Crippen molar-refractivity contribution in [1.29, 1.82) is 0 Å². The van der Waals surface area contributed by atoms with Crippen LogP contribution in [0.3, 0.4) is 0 Å². The summed E-state index contributed by atoms with van der Waals surface area (Å²) < 4.78 is 6.79. The topological polar surface area (TPSA) is 86.1 Å². The molecule has 29 heavy (non-hydrogen) atoms. The van der Waals surface area contributed by atoms with Crippen molar-refractivity contribution in [1.82, 2.24) is 14.8 Å². The Morgan fingerprint density at radius 1 is 1.10 bits per heavy atom. The van der Waals surface area contributed by atoms with Crippen LogP contribution in [0.25, 0.3) is 5.69 Å². The first-order valence-corrected chi connectivity index (χ1v) is 9.61. The van der Waals surface area contributed by atoms with Crippen molar-refractivity contribution in [3.8, 4) is 5.69 Å². The van der Waals surface area contributed by atoms with E-state index in [1.54, 1.807) is 30.3 Å². The van der Waals surface area contributed by atoms with Crippen LogP contribution in [0.5, 0.6) is 0 Å². The first-order valence-electron chi connectivity index (χ1n) is 8.86. The number of aromatic nitrogens is 3. The Bertz CT molecular complexity index is 1050. The molecule has 1 saturated carbocycles. The number of nitrogens with zero attached hydrogens (tertiary/aromatic N) is 3. The molecule has 1 N–H and O–H groups in total. The highest BCUT2D eigenvalue weighted by molar-refractivity contribution is 6.31. The minimum absolute atomic E-state index is 0.405. The van der Waals surface area contributed by atoms with Gasteiger partial charge in [0.05, 0.1) is 16.8 Å². The lowest BCUT2D eigenvalue weighted by atomic mass is 9.96. The molecule has 0 unspecified atom stereocenters. The van der Waals surface area contributed by atoms with E-state index in [2.05, 4.69) is 15.4 Å². The summed E-state index contributed by atoms with van der Waals surface area (Å²) in [7, 11) is 0. The zero-order valence-corrected chi connectivity index (χ0v) is 16.7. The minimum Gasteiger partial charge on any atom is -0.455 e. The normalized spacial score (nSPS) is 14.3. The van der Waals surface area contributed by atoms with E-state index in [-0.39, 0.29) is 0 Å². The molecule has 0 radical (unpaired) electrons. The summed E-state index contributed by atoms with van der Waals surface area (Å²) >= 11 is 12.0. The number of carbonyl (C=O) groups excluding carboxylic acids is 2. The summed E-state index contributed by atoms with van der Waals surface area (Å²) in [6.45, 7) is -0.405. The van der Waals surface area contributed by atoms with Gasteiger partial charge in [-0.15, -0.1) is 0 Å². The Labute approximate surface area is 176 Å². The van der Waals surface area contributed by atoms with Crippen LogP contribution in [0.4, 0.5) is 5.69 Å². The average Bonchev–Trinajstić information content (AvgIpc) is 3.34. The maximum absolute atomic E-state index is 12.6. The highest BCUT2D eigenvalue weighted by Crippen LogP contribution is 2.49. The van der Waals surface area contributed by atoms with Crippen LogP contribution in [0.2, 0.25) is 10.0 Å². The molecule has 9 heteroatoms. The standard InChI is InChI=1S/C20H16Cl2N4O3/c21-14-3-1-13(2-4-14)20(7-8-20)19(28)29-10-18(27)25-16-9-15(22)5-6-17(16)26-12-23-11-24-26/h1-6,9,11-12H,7-8,10H2,(H,25,27). The molecule has 4 rings (SSSR count). The molecular formula is C20H16Cl2N4O3. The van der Waals surface area contributed by atoms with Crippen molar-refractivity contribution in [3.05, 3.63) is 70.7 Å². The van der Waals surface area contributed by atoms with Gasteiger partial charge in [-0.1, -0.05) is 35.3 Å². The van der Waals surface area contributed by atoms with E-state index in [4.69, 9.17) is 27.9 Å². The summed E-state index contributed by atoms with van der Waals surface area (Å²) in [5, 5.41) is 7.81. The number of nitrogens with one attached hydrogen (secondary N) is 1. The molecule has 1 aliphatic carbocycles. The molecule has 1 aliphatic rings. The van der Waals surface area contributed by atoms with Gasteiger partial charge < -0.3 is 10.1 Å². The SMILES string of the molecule is O=C(COC(=O)C1(c2ccc(Cl)cc2)CC1)Nc1cc(Cl)ccc1-n1cncn1. The van der Waals surface area contributed by atoms with Gasteiger partial charge in [0.15, 0.2) is 6.61 Å². The van der Waals surface area contributed by atoms with Crippen molar-refractivity contribution in [3.63, 3.8) is 0 Å². The zero-order valence-electron chi connectivity index (χ0n) is 15.1. The van der Waals surface area contributed by atoms with Gasteiger partial charge in [-0.3, -0.25) is 9.59 Å². The number of rotatable bonds is 6. The van der Waals surface area contributed by atoms with E-state index in [1.807, 2.05) is 12.1 Å². The largest absolute Gasteiger partial charge is 0.455 e. The summed E-state index contributed by atoms with van der Waals surface area (Å²) in [5.74, 6) is -0.897. The Balaban J connectivity index is 1.42. The van der Waals surface area contributed by atoms with Crippen LogP contribution < -0.4 is 5.32 Å². The fraction of sp³-hybridized carbons (Fsp3) is 0.200. The summed E-state index contributed by atoms with van der Waals surface area (Å²) in [6.07, 6.45) is 4.25. The van der Waals surface area contributed by atoms with E-state index in [9.17, 15) is 9.59 Å². The Kier molecular flexibility index (Phi) is 5.25. The van der Waals surface area contributed by atoms with Gasteiger partial charge in [-0.25, -0.2) is 9.67 Å². The van der Waals surface area contributed by atoms with Gasteiger partial charge in [0.2, 0.25) is 0 Å². The lowest BCUT2D eigenvalue weighted by Crippen LogP contribution is -2.28. The molecule has 3 aromatic rings. The van der Waals surface area contributed by atoms with Crippen LogP contribution in [-0.4, -0.2) is 33.2 Å². The molecule has 0 saturated heterocycles. The maximum atomic E-state index is 12.6. The van der Waals surface area contributed by atoms with Crippen molar-refractivity contribution in [2.24, 2.45) is 0 Å². The predicted octanol–water partition coefficient (Wildman–Crippen LogP) is 3.79. The minimum atomic E-state index is -0.688. The van der Waals surface area contributed by atoms with E-state index in [0.717, 1.165) is 5.56 Å². The van der Waals surface area contributed by atoms with Crippen LogP contribution in [0.15, 0.2) is 55.1 Å². The summed E-state index contributed by atoms with van der Waals surface area (Å²) in [6, 6.07) is 12.1. The zero-order chi connectivity index (χ0) is 20.4. The molecule has 7 nitrogen and oxygen atoms in total. The Morgan fingerprint density at radius 2 is 1.83 bits per heavy atom. The third kappa shape index (κ3) is 4.11. The van der Waals surface area contributed by atoms with Gasteiger partial charge in [-0.2, -0.15) is 5.10 Å². The number of benzene rings is 2. The number of ether oxygens (including phenoxy) is 1. The highest BCUT2D eigenvalue weighted by atomic mass is 35.5. The molecule has 148 valence electrons. The predicted molar refractivity (Wildman–Crippen MR) is 108 cm³/mol. The van der Waals surface area contributed by atoms with Gasteiger partial charge in [0.1, 0.15) is 12.7 Å². The molecule has 1 amide bonds. The fourth-order valence-corrected chi connectivity index (χ4v) is 3.40. The lowest BCUT2D eigenvalue weighted by molar-refractivity contribution is -0.150. The smallest absolute Gasteiger partial charge is 0.317 e. The third-order valence-electron chi connectivity index (χ3n) is 4.77. The van der Waals surface area contributed by atoms with Crippen LogP contribution in [-0.2, 0) is 19.7 Å². The van der Waals surface area contributed by atoms with Crippen molar-refractivity contribution < 1.29 is 14.3 Å². The number of hydrogen-bond acceptors (Lipinski definition) is 5. The fourth-order valence-electron chi connectivity index (χ4n) is 3.10. The molecule has 1 heterocycles. The number of halogens is 2. The maximum Gasteiger partial charge on any atom is 0.317 e. The summed E-state index contributed by atoms with van der Waals surface area (Å²) in [4.78, 5) is 28.9. The van der Waals surface area contributed by atoms with Gasteiger partial charge >= 0.3 is 5.97 Å². The van der Waals surface area contributed by atoms with Crippen molar-refractivity contribution in [2.45, 2.75) is 18.3 Å². The first kappa shape index (κ1) is 19.4. The van der Waals surface area contributed by atoms with Crippen molar-refractivity contribution >= 4 is 40.8 Å². The molecule has 0 bridgehead atoms. The molecule has 1 fully saturated rings. The van der Waals surface area contributed by atoms with E-state index >= 15 is 0 Å². The summed E-state index contributed by atoms with van der Waals surface area (Å²) in [5.41, 5.74) is 1.18. The monoisotopic (exact) mass is 430 g/mol. The quantitative estimate of drug-likeness (QED) is 0.601. The molecular weight excluding hydrogens is 415 g/mol. The Hall–Kier alpha value is -2.90. The molecule has 0 atom stereocenters. The number of carbonyl (C=O) groups is 2. The molecule has 0 spiro atoms. The number of esters is 1. The van der Waals surface area contributed by atoms with Gasteiger partial charge in [-0.05, 0) is 48.7 Å². The average molecular weight is 431 g/mol. The number of hydrogen-bond donors (Lipinski definition) is 1. The van der Waals surface area contributed by atoms with Crippen LogP contribution >= 0.6 is 23.2 Å². The van der Waals surface area contributed by atoms with Crippen LogP contribution in [0.1, 0.15) is 18.4 Å². The molecule has 0 aliphatic heterocycles. The van der Waals surface area contributed by atoms with E-state index < -0.39 is 23.9 Å². The second-order valence-corrected chi connectivity index (χ2v) is 7.59. The third-order valence-corrected chi connectivity index (χ3v) is 5.26. The van der Waals surface area contributed by atoms with Crippen LogP contribution in [0, 0.1) is 0 Å². The second-order valence-electron chi connectivity index (χ2n) is 6.71. The van der Waals surface area contributed by atoms with Gasteiger partial charge in [0, 0.05) is 10.0 Å².